The minimum Gasteiger partial charge on any atom is -0.486 e. The van der Waals surface area contributed by atoms with E-state index in [-0.39, 0.29) is 11.8 Å². The molecular weight excluding hydrogens is 438 g/mol. The molecule has 2 amide bonds. The molecule has 0 aliphatic carbocycles. The molecule has 1 N–H and O–H groups in total. The molecular formula is C22H18ClN3O4S. The van der Waals surface area contributed by atoms with Crippen LogP contribution in [0.25, 0.3) is 11.3 Å². The van der Waals surface area contributed by atoms with E-state index in [2.05, 4.69) is 10.3 Å². The van der Waals surface area contributed by atoms with Crippen molar-refractivity contribution in [3.8, 4) is 22.8 Å². The van der Waals surface area contributed by atoms with Gasteiger partial charge >= 0.3 is 0 Å². The Kier molecular flexibility index (Phi) is 5.25. The average Bonchev–Trinajstić information content (AvgIpc) is 3.42. The Bertz CT molecular complexity index is 1180. The molecule has 0 spiro atoms. The van der Waals surface area contributed by atoms with Gasteiger partial charge in [0, 0.05) is 28.9 Å². The third-order valence-electron chi connectivity index (χ3n) is 5.13. The van der Waals surface area contributed by atoms with Gasteiger partial charge in [-0.3, -0.25) is 14.9 Å². The summed E-state index contributed by atoms with van der Waals surface area (Å²) in [5.41, 5.74) is 2.51. The first kappa shape index (κ1) is 19.8. The standard InChI is InChI=1S/C22H18ClN3O4S/c23-14-4-5-15(17(11-14)26-7-1-2-20(26)27)21(28)25-22-24-16(12-31-22)13-3-6-18-19(10-13)30-9-8-29-18/h3-6,10-12H,1-2,7-9H2,(H,24,25,28). The van der Waals surface area contributed by atoms with Gasteiger partial charge in [0.05, 0.1) is 16.9 Å². The third kappa shape index (κ3) is 3.96. The zero-order chi connectivity index (χ0) is 21.4. The molecule has 0 unspecified atom stereocenters. The summed E-state index contributed by atoms with van der Waals surface area (Å²) in [4.78, 5) is 31.3. The van der Waals surface area contributed by atoms with E-state index in [1.54, 1.807) is 23.1 Å². The van der Waals surface area contributed by atoms with E-state index in [1.165, 1.54) is 11.3 Å². The number of aromatic nitrogens is 1. The van der Waals surface area contributed by atoms with Crippen LogP contribution in [0, 0.1) is 0 Å². The molecule has 0 atom stereocenters. The van der Waals surface area contributed by atoms with E-state index >= 15 is 0 Å². The first-order valence-corrected chi connectivity index (χ1v) is 11.1. The van der Waals surface area contributed by atoms with Gasteiger partial charge in [-0.2, -0.15) is 0 Å². The van der Waals surface area contributed by atoms with Crippen molar-refractivity contribution >= 4 is 45.6 Å². The van der Waals surface area contributed by atoms with Crippen molar-refractivity contribution in [3.05, 3.63) is 52.4 Å². The van der Waals surface area contributed by atoms with Gasteiger partial charge in [-0.15, -0.1) is 11.3 Å². The second kappa shape index (κ2) is 8.20. The van der Waals surface area contributed by atoms with E-state index in [0.29, 0.717) is 59.1 Å². The number of anilines is 2. The minimum absolute atomic E-state index is 0.00791. The summed E-state index contributed by atoms with van der Waals surface area (Å²) in [6.45, 7) is 1.62. The van der Waals surface area contributed by atoms with E-state index in [9.17, 15) is 9.59 Å². The Hall–Kier alpha value is -3.10. The molecule has 1 aromatic heterocycles. The first-order chi connectivity index (χ1) is 15.1. The number of halogens is 1. The summed E-state index contributed by atoms with van der Waals surface area (Å²) in [6, 6.07) is 10.6. The normalized spacial score (nSPS) is 15.3. The van der Waals surface area contributed by atoms with Gasteiger partial charge in [-0.05, 0) is 42.8 Å². The van der Waals surface area contributed by atoms with E-state index in [4.69, 9.17) is 21.1 Å². The van der Waals surface area contributed by atoms with Crippen molar-refractivity contribution in [2.45, 2.75) is 12.8 Å². The van der Waals surface area contributed by atoms with Crippen LogP contribution in [0.3, 0.4) is 0 Å². The summed E-state index contributed by atoms with van der Waals surface area (Å²) in [5, 5.41) is 5.64. The number of ether oxygens (including phenoxy) is 2. The van der Waals surface area contributed by atoms with Crippen LogP contribution in [0.2, 0.25) is 5.02 Å². The number of amides is 2. The van der Waals surface area contributed by atoms with Crippen molar-refractivity contribution in [3.63, 3.8) is 0 Å². The van der Waals surface area contributed by atoms with Crippen LogP contribution >= 0.6 is 22.9 Å². The van der Waals surface area contributed by atoms with Crippen molar-refractivity contribution in [1.82, 2.24) is 4.98 Å². The van der Waals surface area contributed by atoms with Gasteiger partial charge < -0.3 is 14.4 Å². The molecule has 5 rings (SSSR count). The van der Waals surface area contributed by atoms with Gasteiger partial charge in [0.2, 0.25) is 5.91 Å². The van der Waals surface area contributed by atoms with Crippen LogP contribution in [0.5, 0.6) is 11.5 Å². The number of benzene rings is 2. The monoisotopic (exact) mass is 455 g/mol. The molecule has 3 aromatic rings. The predicted molar refractivity (Wildman–Crippen MR) is 120 cm³/mol. The van der Waals surface area contributed by atoms with E-state index in [1.807, 2.05) is 23.6 Å². The lowest BCUT2D eigenvalue weighted by atomic mass is 10.1. The molecule has 7 nitrogen and oxygen atoms in total. The number of carbonyl (C=O) groups excluding carboxylic acids is 2. The van der Waals surface area contributed by atoms with Crippen molar-refractivity contribution < 1.29 is 19.1 Å². The number of nitrogens with zero attached hydrogens (tertiary/aromatic N) is 2. The SMILES string of the molecule is O=C(Nc1nc(-c2ccc3c(c2)OCCO3)cs1)c1ccc(Cl)cc1N1CCCC1=O. The maximum absolute atomic E-state index is 13.0. The molecule has 2 aliphatic heterocycles. The molecule has 2 aromatic carbocycles. The molecule has 158 valence electrons. The maximum atomic E-state index is 13.0. The van der Waals surface area contributed by atoms with Gasteiger partial charge in [0.25, 0.3) is 5.91 Å². The quantitative estimate of drug-likeness (QED) is 0.621. The highest BCUT2D eigenvalue weighted by Gasteiger charge is 2.26. The molecule has 1 fully saturated rings. The van der Waals surface area contributed by atoms with Crippen LogP contribution in [0.15, 0.2) is 41.8 Å². The van der Waals surface area contributed by atoms with Crippen LogP contribution in [-0.2, 0) is 4.79 Å². The number of fused-ring (bicyclic) bond motifs is 1. The first-order valence-electron chi connectivity index (χ1n) is 9.85. The number of nitrogens with one attached hydrogen (secondary N) is 1. The summed E-state index contributed by atoms with van der Waals surface area (Å²) < 4.78 is 11.2. The Labute approximate surface area is 187 Å². The fraction of sp³-hybridized carbons (Fsp3) is 0.227. The van der Waals surface area contributed by atoms with E-state index < -0.39 is 0 Å². The van der Waals surface area contributed by atoms with Crippen LogP contribution in [0.1, 0.15) is 23.2 Å². The lowest BCUT2D eigenvalue weighted by Crippen LogP contribution is -2.27. The zero-order valence-electron chi connectivity index (χ0n) is 16.4. The Balaban J connectivity index is 1.38. The maximum Gasteiger partial charge on any atom is 0.259 e. The van der Waals surface area contributed by atoms with Crippen LogP contribution < -0.4 is 19.7 Å². The van der Waals surface area contributed by atoms with Crippen molar-refractivity contribution in [1.29, 1.82) is 0 Å². The van der Waals surface area contributed by atoms with Gasteiger partial charge in [0.1, 0.15) is 13.2 Å². The summed E-state index contributed by atoms with van der Waals surface area (Å²) in [6.07, 6.45) is 1.23. The third-order valence-corrected chi connectivity index (χ3v) is 6.12. The molecule has 3 heterocycles. The molecule has 1 saturated heterocycles. The van der Waals surface area contributed by atoms with Crippen LogP contribution in [0.4, 0.5) is 10.8 Å². The second-order valence-electron chi connectivity index (χ2n) is 7.16. The summed E-state index contributed by atoms with van der Waals surface area (Å²) in [5.74, 6) is 1.05. The predicted octanol–water partition coefficient (Wildman–Crippen LogP) is 4.61. The zero-order valence-corrected chi connectivity index (χ0v) is 18.0. The Morgan fingerprint density at radius 2 is 1.97 bits per heavy atom. The largest absolute Gasteiger partial charge is 0.486 e. The molecule has 0 radical (unpaired) electrons. The Morgan fingerprint density at radius 1 is 1.13 bits per heavy atom. The number of rotatable bonds is 4. The minimum atomic E-state index is -0.338. The van der Waals surface area contributed by atoms with Gasteiger partial charge in [0.15, 0.2) is 16.6 Å². The number of thiazole rings is 1. The average molecular weight is 456 g/mol. The van der Waals surface area contributed by atoms with Gasteiger partial charge in [-0.25, -0.2) is 4.98 Å². The van der Waals surface area contributed by atoms with Gasteiger partial charge in [-0.1, -0.05) is 11.6 Å². The highest BCUT2D eigenvalue weighted by molar-refractivity contribution is 7.14. The topological polar surface area (TPSA) is 80.8 Å². The van der Waals surface area contributed by atoms with E-state index in [0.717, 1.165) is 17.7 Å². The van der Waals surface area contributed by atoms with Crippen molar-refractivity contribution in [2.24, 2.45) is 0 Å². The molecule has 0 bridgehead atoms. The Morgan fingerprint density at radius 3 is 2.77 bits per heavy atom. The second-order valence-corrected chi connectivity index (χ2v) is 8.46. The summed E-state index contributed by atoms with van der Waals surface area (Å²) in [7, 11) is 0. The fourth-order valence-corrected chi connectivity index (χ4v) is 4.53. The molecule has 31 heavy (non-hydrogen) atoms. The highest BCUT2D eigenvalue weighted by atomic mass is 35.5. The van der Waals surface area contributed by atoms with Crippen molar-refractivity contribution in [2.75, 3.05) is 30.0 Å². The summed E-state index contributed by atoms with van der Waals surface area (Å²) >= 11 is 7.46. The molecule has 2 aliphatic rings. The number of hydrogen-bond acceptors (Lipinski definition) is 6. The molecule has 9 heteroatoms. The highest BCUT2D eigenvalue weighted by Crippen LogP contribution is 2.36. The van der Waals surface area contributed by atoms with Crippen LogP contribution in [-0.4, -0.2) is 36.6 Å². The number of hydrogen-bond donors (Lipinski definition) is 1. The number of carbonyl (C=O) groups is 2. The molecule has 0 saturated carbocycles. The lowest BCUT2D eigenvalue weighted by molar-refractivity contribution is -0.117. The fourth-order valence-electron chi connectivity index (χ4n) is 3.65. The lowest BCUT2D eigenvalue weighted by Gasteiger charge is -2.19. The smallest absolute Gasteiger partial charge is 0.259 e.